The lowest BCUT2D eigenvalue weighted by molar-refractivity contribution is 0.599. The predicted molar refractivity (Wildman–Crippen MR) is 121 cm³/mol. The van der Waals surface area contributed by atoms with E-state index in [2.05, 4.69) is 0 Å². The number of hydrogen-bond acceptors (Lipinski definition) is 4. The molecular weight excluding hydrogens is 411 g/mol. The molecule has 0 bridgehead atoms. The molecule has 0 radical (unpaired) electrons. The highest BCUT2D eigenvalue weighted by Gasteiger charge is 2.31. The first-order valence-corrected chi connectivity index (χ1v) is 15.4. The van der Waals surface area contributed by atoms with Gasteiger partial charge in [0.15, 0.2) is 0 Å². The van der Waals surface area contributed by atoms with Gasteiger partial charge in [0, 0.05) is 11.5 Å². The Morgan fingerprint density at radius 3 is 1.41 bits per heavy atom. The van der Waals surface area contributed by atoms with Gasteiger partial charge in [-0.15, -0.1) is 0 Å². The van der Waals surface area contributed by atoms with Crippen LogP contribution in [-0.2, 0) is 32.2 Å². The van der Waals surface area contributed by atoms with Crippen molar-refractivity contribution in [3.8, 4) is 0 Å². The van der Waals surface area contributed by atoms with Crippen LogP contribution in [0, 0.1) is 0 Å². The van der Waals surface area contributed by atoms with Gasteiger partial charge in [0.25, 0.3) is 4.75 Å². The third-order valence-corrected chi connectivity index (χ3v) is 17.8. The largest absolute Gasteiger partial charge is 0.286 e. The summed E-state index contributed by atoms with van der Waals surface area (Å²) in [5, 5.41) is 0. The second-order valence-electron chi connectivity index (χ2n) is 5.92. The van der Waals surface area contributed by atoms with Crippen LogP contribution in [0.15, 0.2) is 91.0 Å². The fraction of sp³-hybridized carbons (Fsp3) is 0.143. The molecule has 140 valence electrons. The zero-order chi connectivity index (χ0) is 19.0. The Balaban J connectivity index is 1.74. The third kappa shape index (κ3) is 6.39. The lowest BCUT2D eigenvalue weighted by atomic mass is 10.2. The Labute approximate surface area is 171 Å². The lowest BCUT2D eigenvalue weighted by Crippen LogP contribution is -1.95. The summed E-state index contributed by atoms with van der Waals surface area (Å²) in [4.78, 5) is 0. The summed E-state index contributed by atoms with van der Waals surface area (Å²) in [5.41, 5.74) is 3.15. The molecular formula is C21H21O2PS3. The highest BCUT2D eigenvalue weighted by atomic mass is 33.4. The van der Waals surface area contributed by atoms with Crippen molar-refractivity contribution in [2.24, 2.45) is 0 Å². The van der Waals surface area contributed by atoms with Gasteiger partial charge in [0.1, 0.15) is 10.4 Å². The van der Waals surface area contributed by atoms with E-state index >= 15 is 0 Å². The van der Waals surface area contributed by atoms with Gasteiger partial charge in [0.05, 0.1) is 5.75 Å². The summed E-state index contributed by atoms with van der Waals surface area (Å²) in [6.07, 6.45) is 0. The Morgan fingerprint density at radius 2 is 1.00 bits per heavy atom. The minimum absolute atomic E-state index is 0.321. The minimum Gasteiger partial charge on any atom is -0.286 e. The lowest BCUT2D eigenvalue weighted by Gasteiger charge is -2.17. The summed E-state index contributed by atoms with van der Waals surface area (Å²) in [7, 11) is -1.44. The Kier molecular flexibility index (Phi) is 7.83. The fourth-order valence-electron chi connectivity index (χ4n) is 2.41. The van der Waals surface area contributed by atoms with Gasteiger partial charge < -0.3 is 0 Å². The third-order valence-electron chi connectivity index (χ3n) is 3.85. The van der Waals surface area contributed by atoms with Crippen LogP contribution in [0.1, 0.15) is 16.7 Å². The van der Waals surface area contributed by atoms with E-state index in [9.17, 15) is 8.77 Å². The number of hydrogen-bond donors (Lipinski definition) is 0. The first-order chi connectivity index (χ1) is 13.2. The molecule has 0 amide bonds. The van der Waals surface area contributed by atoms with Crippen LogP contribution in [0.3, 0.4) is 0 Å². The minimum atomic E-state index is -3.00. The molecule has 1 atom stereocenters. The summed E-state index contributed by atoms with van der Waals surface area (Å²) in [6, 6.07) is 29.5. The van der Waals surface area contributed by atoms with Crippen molar-refractivity contribution < 1.29 is 8.77 Å². The van der Waals surface area contributed by atoms with Gasteiger partial charge in [-0.2, -0.15) is 0 Å². The molecule has 0 aliphatic heterocycles. The summed E-state index contributed by atoms with van der Waals surface area (Å²) in [6.45, 7) is 0. The molecule has 0 fully saturated rings. The van der Waals surface area contributed by atoms with Crippen molar-refractivity contribution in [2.75, 3.05) is 0 Å². The normalized spacial score (nSPS) is 12.6. The van der Waals surface area contributed by atoms with Crippen LogP contribution in [0.2, 0.25) is 0 Å². The quantitative estimate of drug-likeness (QED) is 0.344. The second kappa shape index (κ2) is 10.3. The number of rotatable bonds is 9. The molecule has 27 heavy (non-hydrogen) atoms. The van der Waals surface area contributed by atoms with Crippen LogP contribution >= 0.6 is 27.5 Å². The van der Waals surface area contributed by atoms with Crippen LogP contribution in [0.5, 0.6) is 0 Å². The second-order valence-corrected chi connectivity index (χ2v) is 18.3. The molecule has 0 aromatic heterocycles. The summed E-state index contributed by atoms with van der Waals surface area (Å²) < 4.78 is 23.8. The summed E-state index contributed by atoms with van der Waals surface area (Å²) in [5.74, 6) is 1.52. The first kappa shape index (κ1) is 20.5. The highest BCUT2D eigenvalue weighted by molar-refractivity contribution is 9.11. The molecule has 0 saturated heterocycles. The average molecular weight is 433 g/mol. The molecule has 3 aromatic carbocycles. The number of benzene rings is 3. The highest BCUT2D eigenvalue weighted by Crippen LogP contribution is 2.73. The molecule has 3 aromatic rings. The molecule has 0 saturated carbocycles. The van der Waals surface area contributed by atoms with E-state index in [-0.39, 0.29) is 0 Å². The van der Waals surface area contributed by atoms with Crippen LogP contribution in [0.4, 0.5) is 0 Å². The van der Waals surface area contributed by atoms with E-state index in [0.29, 0.717) is 17.3 Å². The van der Waals surface area contributed by atoms with E-state index < -0.39 is 15.2 Å². The van der Waals surface area contributed by atoms with Crippen molar-refractivity contribution >= 4 is 37.9 Å². The monoisotopic (exact) mass is 432 g/mol. The van der Waals surface area contributed by atoms with E-state index in [4.69, 9.17) is 0 Å². The zero-order valence-corrected chi connectivity index (χ0v) is 18.1. The Morgan fingerprint density at radius 1 is 0.630 bits per heavy atom. The van der Waals surface area contributed by atoms with E-state index in [1.165, 1.54) is 22.8 Å². The standard InChI is InChI=1S/C21H21O2PS3/c22-24(25-16-19-10-4-1-5-11-19,26-17-20-12-6-2-7-13-20)27(23)18-21-14-8-3-9-15-21/h1-15H,16-18H2. The van der Waals surface area contributed by atoms with Gasteiger partial charge in [-0.1, -0.05) is 114 Å². The maximum atomic E-state index is 13.7. The maximum Gasteiger partial charge on any atom is 0.273 e. The van der Waals surface area contributed by atoms with E-state index in [1.54, 1.807) is 0 Å². The van der Waals surface area contributed by atoms with Crippen LogP contribution in [0.25, 0.3) is 0 Å². The maximum absolute atomic E-state index is 13.7. The molecule has 0 aliphatic rings. The van der Waals surface area contributed by atoms with Gasteiger partial charge in [-0.25, -0.2) is 4.21 Å². The topological polar surface area (TPSA) is 34.1 Å². The van der Waals surface area contributed by atoms with Crippen molar-refractivity contribution in [1.29, 1.82) is 0 Å². The molecule has 3 rings (SSSR count). The molecule has 1 unspecified atom stereocenters. The van der Waals surface area contributed by atoms with Gasteiger partial charge in [0.2, 0.25) is 0 Å². The summed E-state index contributed by atoms with van der Waals surface area (Å²) >= 11 is 2.68. The first-order valence-electron chi connectivity index (χ1n) is 8.56. The molecule has 0 aliphatic carbocycles. The van der Waals surface area contributed by atoms with Crippen LogP contribution in [-0.4, -0.2) is 4.21 Å². The van der Waals surface area contributed by atoms with Crippen molar-refractivity contribution in [3.63, 3.8) is 0 Å². The van der Waals surface area contributed by atoms with Gasteiger partial charge >= 0.3 is 0 Å². The molecule has 0 N–H and O–H groups in total. The molecule has 2 nitrogen and oxygen atoms in total. The van der Waals surface area contributed by atoms with E-state index in [1.807, 2.05) is 91.0 Å². The van der Waals surface area contributed by atoms with Gasteiger partial charge in [-0.3, -0.25) is 4.57 Å². The smallest absolute Gasteiger partial charge is 0.273 e. The predicted octanol–water partition coefficient (Wildman–Crippen LogP) is 6.91. The Hall–Kier alpha value is -1.26. The average Bonchev–Trinajstić information content (AvgIpc) is 2.73. The molecule has 0 spiro atoms. The molecule has 0 heterocycles. The SMILES string of the molecule is O=S(Cc1ccccc1)P(=O)(SCc1ccccc1)SCc1ccccc1. The molecule has 6 heteroatoms. The zero-order valence-electron chi connectivity index (χ0n) is 14.8. The van der Waals surface area contributed by atoms with Crippen molar-refractivity contribution in [1.82, 2.24) is 0 Å². The van der Waals surface area contributed by atoms with Crippen molar-refractivity contribution in [2.45, 2.75) is 17.3 Å². The fourth-order valence-corrected chi connectivity index (χ4v) is 13.7. The van der Waals surface area contributed by atoms with Crippen LogP contribution < -0.4 is 0 Å². The Bertz CT molecular complexity index is 855. The van der Waals surface area contributed by atoms with Gasteiger partial charge in [-0.05, 0) is 16.7 Å². The van der Waals surface area contributed by atoms with E-state index in [0.717, 1.165) is 16.7 Å². The van der Waals surface area contributed by atoms with Crippen molar-refractivity contribution in [3.05, 3.63) is 108 Å².